The normalized spacial score (nSPS) is 10.8. The zero-order chi connectivity index (χ0) is 23.6. The Morgan fingerprint density at radius 2 is 1.69 bits per heavy atom. The molecule has 3 rings (SSSR count). The minimum absolute atomic E-state index is 0.124. The molecule has 9 heteroatoms. The average Bonchev–Trinajstić information content (AvgIpc) is 2.77. The highest BCUT2D eigenvalue weighted by atomic mass is 16.5. The summed E-state index contributed by atoms with van der Waals surface area (Å²) in [5.74, 6) is 0.660. The van der Waals surface area contributed by atoms with E-state index in [1.54, 1.807) is 39.0 Å². The van der Waals surface area contributed by atoms with Gasteiger partial charge in [0.15, 0.2) is 11.5 Å². The molecule has 0 unspecified atom stereocenters. The van der Waals surface area contributed by atoms with Gasteiger partial charge in [-0.2, -0.15) is 0 Å². The van der Waals surface area contributed by atoms with Gasteiger partial charge in [0.05, 0.1) is 50.1 Å². The van der Waals surface area contributed by atoms with Crippen LogP contribution in [-0.2, 0) is 11.3 Å². The number of benzene rings is 2. The minimum atomic E-state index is -0.505. The van der Waals surface area contributed by atoms with Gasteiger partial charge in [-0.05, 0) is 38.0 Å². The molecule has 0 atom stereocenters. The first-order valence-electron chi connectivity index (χ1n) is 9.97. The van der Waals surface area contributed by atoms with E-state index < -0.39 is 18.1 Å². The molecule has 170 valence electrons. The summed E-state index contributed by atoms with van der Waals surface area (Å²) in [6.45, 7) is 4.88. The van der Waals surface area contributed by atoms with Crippen LogP contribution in [0.25, 0.3) is 16.6 Å². The molecule has 3 aromatic rings. The number of aryl methyl sites for hydroxylation is 2. The van der Waals surface area contributed by atoms with Crippen LogP contribution in [0.15, 0.2) is 23.0 Å². The molecular weight excluding hydrogens is 416 g/mol. The van der Waals surface area contributed by atoms with Crippen molar-refractivity contribution in [2.24, 2.45) is 0 Å². The van der Waals surface area contributed by atoms with E-state index in [4.69, 9.17) is 18.9 Å². The first-order chi connectivity index (χ1) is 15.3. The lowest BCUT2D eigenvalue weighted by atomic mass is 9.98. The molecule has 0 aliphatic carbocycles. The van der Waals surface area contributed by atoms with Crippen LogP contribution < -0.4 is 19.8 Å². The monoisotopic (exact) mass is 442 g/mol. The highest BCUT2D eigenvalue weighted by Gasteiger charge is 2.23. The van der Waals surface area contributed by atoms with Gasteiger partial charge in [0, 0.05) is 12.1 Å². The van der Waals surface area contributed by atoms with Gasteiger partial charge in [-0.3, -0.25) is 9.36 Å². The molecule has 0 aliphatic heterocycles. The number of fused-ring (bicyclic) bond motifs is 1. The Morgan fingerprint density at radius 3 is 2.19 bits per heavy atom. The molecule has 1 N–H and O–H groups in total. The largest absolute Gasteiger partial charge is 0.493 e. The highest BCUT2D eigenvalue weighted by molar-refractivity contribution is 5.99. The number of methoxy groups -OCH3 is 3. The van der Waals surface area contributed by atoms with E-state index in [1.807, 2.05) is 0 Å². The molecule has 0 amide bonds. The molecule has 0 saturated heterocycles. The highest BCUT2D eigenvalue weighted by Crippen LogP contribution is 2.39. The number of ether oxygens (including phenoxy) is 4. The first-order valence-corrected chi connectivity index (χ1v) is 9.97. The maximum atomic E-state index is 13.7. The van der Waals surface area contributed by atoms with Crippen LogP contribution in [-0.4, -0.2) is 48.6 Å². The topological polar surface area (TPSA) is 109 Å². The van der Waals surface area contributed by atoms with E-state index in [2.05, 4.69) is 4.98 Å². The van der Waals surface area contributed by atoms with Crippen LogP contribution >= 0.6 is 0 Å². The van der Waals surface area contributed by atoms with Gasteiger partial charge in [0.2, 0.25) is 5.75 Å². The number of aromatic nitrogens is 2. The summed E-state index contributed by atoms with van der Waals surface area (Å²) in [5, 5.41) is 10.2. The summed E-state index contributed by atoms with van der Waals surface area (Å²) in [5.41, 5.74) is 1.71. The Balaban J connectivity index is 2.42. The number of aliphatic hydroxyl groups is 1. The van der Waals surface area contributed by atoms with Gasteiger partial charge in [0.1, 0.15) is 12.4 Å². The fourth-order valence-electron chi connectivity index (χ4n) is 3.82. The van der Waals surface area contributed by atoms with Crippen molar-refractivity contribution in [3.8, 4) is 22.9 Å². The summed E-state index contributed by atoms with van der Waals surface area (Å²) >= 11 is 0. The lowest BCUT2D eigenvalue weighted by Crippen LogP contribution is -2.25. The number of rotatable bonds is 7. The molecule has 1 aromatic heterocycles. The molecule has 0 aliphatic rings. The Hall–Kier alpha value is -3.59. The molecule has 32 heavy (non-hydrogen) atoms. The van der Waals surface area contributed by atoms with E-state index in [1.165, 1.54) is 25.9 Å². The lowest BCUT2D eigenvalue weighted by Gasteiger charge is -2.18. The zero-order valence-electron chi connectivity index (χ0n) is 18.9. The third-order valence-electron chi connectivity index (χ3n) is 5.21. The Labute approximate surface area is 185 Å². The predicted molar refractivity (Wildman–Crippen MR) is 118 cm³/mol. The van der Waals surface area contributed by atoms with Gasteiger partial charge in [0.25, 0.3) is 5.56 Å². The van der Waals surface area contributed by atoms with Crippen LogP contribution in [0.4, 0.5) is 0 Å². The first kappa shape index (κ1) is 23.1. The molecule has 0 radical (unpaired) electrons. The van der Waals surface area contributed by atoms with Crippen molar-refractivity contribution in [3.05, 3.63) is 51.1 Å². The number of nitrogens with zero attached hydrogens (tertiary/aromatic N) is 2. The molecule has 0 spiro atoms. The van der Waals surface area contributed by atoms with Crippen LogP contribution in [0.1, 0.15) is 34.2 Å². The van der Waals surface area contributed by atoms with Gasteiger partial charge < -0.3 is 24.1 Å². The second-order valence-corrected chi connectivity index (χ2v) is 7.02. The van der Waals surface area contributed by atoms with E-state index in [0.29, 0.717) is 45.1 Å². The van der Waals surface area contributed by atoms with Crippen LogP contribution in [0.3, 0.4) is 0 Å². The van der Waals surface area contributed by atoms with Crippen molar-refractivity contribution >= 4 is 16.9 Å². The number of carbonyl (C=O) groups is 1. The Kier molecular flexibility index (Phi) is 6.69. The fraction of sp³-hybridized carbons (Fsp3) is 0.348. The van der Waals surface area contributed by atoms with Gasteiger partial charge in [-0.1, -0.05) is 0 Å². The van der Waals surface area contributed by atoms with Gasteiger partial charge in [-0.25, -0.2) is 9.78 Å². The quantitative estimate of drug-likeness (QED) is 0.557. The Morgan fingerprint density at radius 1 is 1.06 bits per heavy atom. The third kappa shape index (κ3) is 3.75. The van der Waals surface area contributed by atoms with Crippen molar-refractivity contribution in [1.29, 1.82) is 0 Å². The maximum Gasteiger partial charge on any atom is 0.338 e. The molecule has 9 nitrogen and oxygen atoms in total. The molecule has 2 aromatic carbocycles. The summed E-state index contributed by atoms with van der Waals surface area (Å²) < 4.78 is 22.6. The molecule has 1 heterocycles. The summed E-state index contributed by atoms with van der Waals surface area (Å²) in [6, 6.07) is 4.82. The number of hydrogen-bond acceptors (Lipinski definition) is 8. The van der Waals surface area contributed by atoms with Crippen LogP contribution in [0, 0.1) is 13.8 Å². The minimum Gasteiger partial charge on any atom is -0.493 e. The summed E-state index contributed by atoms with van der Waals surface area (Å²) in [4.78, 5) is 30.7. The second-order valence-electron chi connectivity index (χ2n) is 7.02. The van der Waals surface area contributed by atoms with Crippen molar-refractivity contribution in [2.45, 2.75) is 27.4 Å². The number of esters is 1. The molecule has 0 fully saturated rings. The van der Waals surface area contributed by atoms with Gasteiger partial charge >= 0.3 is 5.97 Å². The molecule has 0 bridgehead atoms. The van der Waals surface area contributed by atoms with E-state index >= 15 is 0 Å². The van der Waals surface area contributed by atoms with E-state index in [-0.39, 0.29) is 17.8 Å². The average molecular weight is 442 g/mol. The number of carbonyl (C=O) groups excluding carboxylic acids is 1. The SMILES string of the molecule is CCOC(=O)c1c(C)cc2nc(CO)n(-c3cc(OC)c(OC)c(OC)c3)c(=O)c2c1C. The predicted octanol–water partition coefficient (Wildman–Crippen LogP) is 2.70. The zero-order valence-corrected chi connectivity index (χ0v) is 18.9. The van der Waals surface area contributed by atoms with Gasteiger partial charge in [-0.15, -0.1) is 0 Å². The van der Waals surface area contributed by atoms with Crippen molar-refractivity contribution in [1.82, 2.24) is 9.55 Å². The van der Waals surface area contributed by atoms with Crippen LogP contribution in [0.2, 0.25) is 0 Å². The second kappa shape index (κ2) is 9.27. The van der Waals surface area contributed by atoms with Crippen molar-refractivity contribution in [2.75, 3.05) is 27.9 Å². The van der Waals surface area contributed by atoms with Crippen LogP contribution in [0.5, 0.6) is 17.2 Å². The Bertz CT molecular complexity index is 1220. The summed E-state index contributed by atoms with van der Waals surface area (Å²) in [7, 11) is 4.41. The third-order valence-corrected chi connectivity index (χ3v) is 5.21. The number of hydrogen-bond donors (Lipinski definition) is 1. The van der Waals surface area contributed by atoms with E-state index in [9.17, 15) is 14.7 Å². The van der Waals surface area contributed by atoms with E-state index in [0.717, 1.165) is 0 Å². The molecular formula is C23H26N2O7. The molecule has 0 saturated carbocycles. The smallest absolute Gasteiger partial charge is 0.338 e. The summed E-state index contributed by atoms with van der Waals surface area (Å²) in [6.07, 6.45) is 0. The van der Waals surface area contributed by atoms with Crippen molar-refractivity contribution < 1.29 is 28.8 Å². The van der Waals surface area contributed by atoms with Crippen molar-refractivity contribution in [3.63, 3.8) is 0 Å². The lowest BCUT2D eigenvalue weighted by molar-refractivity contribution is 0.0525. The fourth-order valence-corrected chi connectivity index (χ4v) is 3.82. The number of aliphatic hydroxyl groups excluding tert-OH is 1. The maximum absolute atomic E-state index is 13.7. The standard InChI is InChI=1S/C23H26N2O7/c1-7-32-23(28)19-12(2)8-15-20(13(19)3)22(27)25(18(11-26)24-15)14-9-16(29-4)21(31-6)17(10-14)30-5/h8-10,26H,7,11H2,1-6H3.